The van der Waals surface area contributed by atoms with Gasteiger partial charge < -0.3 is 9.47 Å². The smallest absolute Gasteiger partial charge is 0.253 e. The molecular formula is C20H24N6OS. The van der Waals surface area contributed by atoms with E-state index in [4.69, 9.17) is 0 Å². The fraction of sp³-hybridized carbons (Fsp3) is 0.500. The van der Waals surface area contributed by atoms with Crippen LogP contribution < -0.4 is 0 Å². The zero-order valence-corrected chi connectivity index (χ0v) is 16.7. The average Bonchev–Trinajstić information content (AvgIpc) is 3.27. The van der Waals surface area contributed by atoms with Crippen molar-refractivity contribution in [3.8, 4) is 0 Å². The Bertz CT molecular complexity index is 988. The number of aryl methyl sites for hydroxylation is 1. The molecule has 28 heavy (non-hydrogen) atoms. The maximum absolute atomic E-state index is 12.9. The van der Waals surface area contributed by atoms with Crippen molar-refractivity contribution in [3.05, 3.63) is 40.9 Å². The maximum atomic E-state index is 12.9. The van der Waals surface area contributed by atoms with Crippen molar-refractivity contribution in [2.24, 2.45) is 0 Å². The molecule has 3 aromatic rings. The van der Waals surface area contributed by atoms with Gasteiger partial charge in [0.15, 0.2) is 0 Å². The standard InChI is InChI=1S/C20H24N6OS/c27-20(15-5-6-16-17(12-15)28-14-21-16)25-10-8-24(9-11-25)13-19-23-22-18-4-2-1-3-7-26(18)19/h5-6,12,14H,1-4,7-11,13H2. The molecule has 0 unspecified atom stereocenters. The third-order valence-electron chi connectivity index (χ3n) is 5.79. The zero-order chi connectivity index (χ0) is 18.9. The fourth-order valence-corrected chi connectivity index (χ4v) is 4.86. The minimum absolute atomic E-state index is 0.117. The van der Waals surface area contributed by atoms with Gasteiger partial charge in [-0.2, -0.15) is 0 Å². The highest BCUT2D eigenvalue weighted by Gasteiger charge is 2.24. The number of hydrogen-bond acceptors (Lipinski definition) is 6. The lowest BCUT2D eigenvalue weighted by Gasteiger charge is -2.34. The molecule has 8 heteroatoms. The number of piperazine rings is 1. The van der Waals surface area contributed by atoms with E-state index in [0.29, 0.717) is 0 Å². The summed E-state index contributed by atoms with van der Waals surface area (Å²) in [6.07, 6.45) is 4.74. The van der Waals surface area contributed by atoms with Crippen LogP contribution >= 0.6 is 11.3 Å². The van der Waals surface area contributed by atoms with E-state index in [9.17, 15) is 4.79 Å². The van der Waals surface area contributed by atoms with Gasteiger partial charge in [-0.25, -0.2) is 4.98 Å². The largest absolute Gasteiger partial charge is 0.336 e. The lowest BCUT2D eigenvalue weighted by molar-refractivity contribution is 0.0624. The summed E-state index contributed by atoms with van der Waals surface area (Å²) in [6, 6.07) is 5.79. The Morgan fingerprint density at radius 2 is 1.93 bits per heavy atom. The van der Waals surface area contributed by atoms with Gasteiger partial charge >= 0.3 is 0 Å². The van der Waals surface area contributed by atoms with E-state index in [0.717, 1.165) is 73.1 Å². The quantitative estimate of drug-likeness (QED) is 0.681. The van der Waals surface area contributed by atoms with Crippen LogP contribution in [0.5, 0.6) is 0 Å². The first-order valence-corrected chi connectivity index (χ1v) is 10.9. The van der Waals surface area contributed by atoms with E-state index in [-0.39, 0.29) is 5.91 Å². The van der Waals surface area contributed by atoms with E-state index in [1.165, 1.54) is 19.3 Å². The highest BCUT2D eigenvalue weighted by molar-refractivity contribution is 7.16. The molecule has 0 radical (unpaired) electrons. The maximum Gasteiger partial charge on any atom is 0.253 e. The molecule has 0 aliphatic carbocycles. The summed E-state index contributed by atoms with van der Waals surface area (Å²) >= 11 is 1.58. The third kappa shape index (κ3) is 3.42. The Labute approximate surface area is 168 Å². The first-order chi connectivity index (χ1) is 13.8. The fourth-order valence-electron chi connectivity index (χ4n) is 4.14. The van der Waals surface area contributed by atoms with Crippen LogP contribution in [0.4, 0.5) is 0 Å². The summed E-state index contributed by atoms with van der Waals surface area (Å²) in [6.45, 7) is 5.10. The number of nitrogens with zero attached hydrogens (tertiary/aromatic N) is 6. The van der Waals surface area contributed by atoms with Gasteiger partial charge in [-0.15, -0.1) is 21.5 Å². The van der Waals surface area contributed by atoms with Crippen molar-refractivity contribution in [1.82, 2.24) is 29.5 Å². The number of carbonyl (C=O) groups excluding carboxylic acids is 1. The van der Waals surface area contributed by atoms with Crippen LogP contribution in [0.25, 0.3) is 10.2 Å². The molecule has 0 bridgehead atoms. The lowest BCUT2D eigenvalue weighted by Crippen LogP contribution is -2.48. The van der Waals surface area contributed by atoms with Crippen molar-refractivity contribution in [1.29, 1.82) is 0 Å². The van der Waals surface area contributed by atoms with Crippen LogP contribution in [0.15, 0.2) is 23.7 Å². The van der Waals surface area contributed by atoms with Gasteiger partial charge in [0, 0.05) is 44.7 Å². The van der Waals surface area contributed by atoms with Crippen LogP contribution in [-0.4, -0.2) is 61.6 Å². The minimum Gasteiger partial charge on any atom is -0.336 e. The summed E-state index contributed by atoms with van der Waals surface area (Å²) in [5, 5.41) is 8.85. The van der Waals surface area contributed by atoms with Gasteiger partial charge in [0.25, 0.3) is 5.91 Å². The molecular weight excluding hydrogens is 372 g/mol. The Morgan fingerprint density at radius 3 is 2.82 bits per heavy atom. The molecule has 7 nitrogen and oxygen atoms in total. The van der Waals surface area contributed by atoms with E-state index in [1.807, 2.05) is 28.6 Å². The molecule has 1 fully saturated rings. The SMILES string of the molecule is O=C(c1ccc2ncsc2c1)N1CCN(Cc2nnc3n2CCCCC3)CC1. The van der Waals surface area contributed by atoms with Crippen LogP contribution in [0, 0.1) is 0 Å². The van der Waals surface area contributed by atoms with Crippen LogP contribution in [0.1, 0.15) is 41.3 Å². The topological polar surface area (TPSA) is 67.2 Å². The third-order valence-corrected chi connectivity index (χ3v) is 6.58. The molecule has 0 N–H and O–H groups in total. The van der Waals surface area contributed by atoms with Crippen LogP contribution in [-0.2, 0) is 19.5 Å². The van der Waals surface area contributed by atoms with E-state index < -0.39 is 0 Å². The van der Waals surface area contributed by atoms with Gasteiger partial charge in [0.1, 0.15) is 11.6 Å². The number of rotatable bonds is 3. The zero-order valence-electron chi connectivity index (χ0n) is 15.9. The monoisotopic (exact) mass is 396 g/mol. The predicted molar refractivity (Wildman–Crippen MR) is 108 cm³/mol. The Morgan fingerprint density at radius 1 is 1.04 bits per heavy atom. The molecule has 2 aromatic heterocycles. The van der Waals surface area contributed by atoms with Crippen molar-refractivity contribution >= 4 is 27.5 Å². The summed E-state index contributed by atoms with van der Waals surface area (Å²) in [5.74, 6) is 2.33. The lowest BCUT2D eigenvalue weighted by atomic mass is 10.1. The molecule has 0 atom stereocenters. The number of carbonyl (C=O) groups is 1. The van der Waals surface area contributed by atoms with Crippen molar-refractivity contribution in [2.75, 3.05) is 26.2 Å². The second-order valence-corrected chi connectivity index (χ2v) is 8.48. The highest BCUT2D eigenvalue weighted by atomic mass is 32.1. The molecule has 2 aliphatic heterocycles. The van der Waals surface area contributed by atoms with E-state index in [2.05, 4.69) is 24.6 Å². The molecule has 1 aromatic carbocycles. The summed E-state index contributed by atoms with van der Waals surface area (Å²) in [5.41, 5.74) is 3.54. The number of thiazole rings is 1. The molecule has 0 saturated carbocycles. The minimum atomic E-state index is 0.117. The Kier molecular flexibility index (Phi) is 4.82. The average molecular weight is 397 g/mol. The summed E-state index contributed by atoms with van der Waals surface area (Å²) < 4.78 is 3.38. The number of amides is 1. The van der Waals surface area contributed by atoms with Gasteiger partial charge in [0.05, 0.1) is 22.3 Å². The van der Waals surface area contributed by atoms with Gasteiger partial charge in [-0.3, -0.25) is 9.69 Å². The van der Waals surface area contributed by atoms with Crippen molar-refractivity contribution in [3.63, 3.8) is 0 Å². The van der Waals surface area contributed by atoms with Crippen LogP contribution in [0.2, 0.25) is 0 Å². The molecule has 0 spiro atoms. The Hall–Kier alpha value is -2.32. The van der Waals surface area contributed by atoms with Crippen molar-refractivity contribution in [2.45, 2.75) is 38.8 Å². The molecule has 146 valence electrons. The van der Waals surface area contributed by atoms with Gasteiger partial charge in [-0.05, 0) is 31.0 Å². The van der Waals surface area contributed by atoms with E-state index >= 15 is 0 Å². The Balaban J connectivity index is 1.21. The normalized spacial score (nSPS) is 18.2. The molecule has 5 rings (SSSR count). The van der Waals surface area contributed by atoms with Gasteiger partial charge in [0.2, 0.25) is 0 Å². The summed E-state index contributed by atoms with van der Waals surface area (Å²) in [7, 11) is 0. The first-order valence-electron chi connectivity index (χ1n) is 10.0. The first kappa shape index (κ1) is 17.8. The van der Waals surface area contributed by atoms with Gasteiger partial charge in [-0.1, -0.05) is 6.42 Å². The van der Waals surface area contributed by atoms with Crippen molar-refractivity contribution < 1.29 is 4.79 Å². The molecule has 1 saturated heterocycles. The predicted octanol–water partition coefficient (Wildman–Crippen LogP) is 2.57. The second-order valence-electron chi connectivity index (χ2n) is 7.60. The molecule has 2 aliphatic rings. The number of hydrogen-bond donors (Lipinski definition) is 0. The molecule has 4 heterocycles. The summed E-state index contributed by atoms with van der Waals surface area (Å²) in [4.78, 5) is 21.5. The highest BCUT2D eigenvalue weighted by Crippen LogP contribution is 2.21. The van der Waals surface area contributed by atoms with Crippen LogP contribution in [0.3, 0.4) is 0 Å². The second kappa shape index (κ2) is 7.60. The number of aromatic nitrogens is 4. The van der Waals surface area contributed by atoms with E-state index in [1.54, 1.807) is 11.3 Å². The number of fused-ring (bicyclic) bond motifs is 2. The number of benzene rings is 1. The molecule has 1 amide bonds.